The lowest BCUT2D eigenvalue weighted by atomic mass is 9.93. The van der Waals surface area contributed by atoms with E-state index in [-0.39, 0.29) is 21.4 Å². The molecule has 6 nitrogen and oxygen atoms in total. The van der Waals surface area contributed by atoms with Gasteiger partial charge in [-0.25, -0.2) is 22.8 Å². The van der Waals surface area contributed by atoms with Gasteiger partial charge in [-0.3, -0.25) is 4.72 Å². The van der Waals surface area contributed by atoms with Crippen molar-refractivity contribution in [1.82, 2.24) is 9.97 Å². The Morgan fingerprint density at radius 1 is 1.05 bits per heavy atom. The van der Waals surface area contributed by atoms with Gasteiger partial charge in [0, 0.05) is 29.5 Å². The highest BCUT2D eigenvalue weighted by molar-refractivity contribution is 7.93. The summed E-state index contributed by atoms with van der Waals surface area (Å²) in [6.45, 7) is 10.8. The van der Waals surface area contributed by atoms with Crippen LogP contribution in [0.4, 0.5) is 13.9 Å². The van der Waals surface area contributed by atoms with Crippen LogP contribution >= 0.6 is 11.3 Å². The fourth-order valence-electron chi connectivity index (χ4n) is 3.94. The highest BCUT2D eigenvalue weighted by Crippen LogP contribution is 2.43. The predicted molar refractivity (Wildman–Crippen MR) is 152 cm³/mol. The zero-order valence-corrected chi connectivity index (χ0v) is 24.1. The Morgan fingerprint density at radius 3 is 2.49 bits per heavy atom. The van der Waals surface area contributed by atoms with Crippen molar-refractivity contribution in [3.8, 4) is 27.4 Å². The number of thiazole rings is 1. The molecule has 0 aliphatic heterocycles. The molecular weight excluding hydrogens is 540 g/mol. The maximum Gasteiger partial charge on any atom is 0.263 e. The van der Waals surface area contributed by atoms with E-state index in [4.69, 9.17) is 4.74 Å². The number of ether oxygens (including phenoxy) is 1. The molecule has 0 amide bonds. The minimum Gasteiger partial charge on any atom is -0.493 e. The molecular formula is C29H31F2N3O3S2. The van der Waals surface area contributed by atoms with E-state index in [9.17, 15) is 17.2 Å². The van der Waals surface area contributed by atoms with Crippen molar-refractivity contribution < 1.29 is 21.9 Å². The summed E-state index contributed by atoms with van der Waals surface area (Å²) >= 11 is 1.07. The van der Waals surface area contributed by atoms with Gasteiger partial charge in [-0.05, 0) is 41.5 Å². The largest absolute Gasteiger partial charge is 0.493 e. The Kier molecular flexibility index (Phi) is 8.37. The average molecular weight is 572 g/mol. The number of anilines is 1. The van der Waals surface area contributed by atoms with E-state index in [1.54, 1.807) is 6.07 Å². The second kappa shape index (κ2) is 11.4. The highest BCUT2D eigenvalue weighted by Gasteiger charge is 2.23. The molecule has 0 saturated heterocycles. The average Bonchev–Trinajstić information content (AvgIpc) is 3.26. The Bertz CT molecular complexity index is 1580. The summed E-state index contributed by atoms with van der Waals surface area (Å²) in [5.41, 5.74) is 2.89. The van der Waals surface area contributed by atoms with Gasteiger partial charge < -0.3 is 4.74 Å². The SMILES string of the molecule is CC(C)c1ccccc1-c1nc(NS(=O)(=O)c2ccnc(F)c2)sc1-c1cc(F)cc(OCCC(C)(C)C)c1. The summed E-state index contributed by atoms with van der Waals surface area (Å²) in [5.74, 6) is -0.869. The maximum atomic E-state index is 14.8. The van der Waals surface area contributed by atoms with Crippen LogP contribution in [0, 0.1) is 17.2 Å². The Balaban J connectivity index is 1.80. The number of hydrogen-bond donors (Lipinski definition) is 1. The second-order valence-electron chi connectivity index (χ2n) is 10.7. The fraction of sp³-hybridized carbons (Fsp3) is 0.310. The normalized spacial score (nSPS) is 12.1. The van der Waals surface area contributed by atoms with Gasteiger partial charge in [0.2, 0.25) is 5.95 Å². The number of aromatic nitrogens is 2. The molecule has 0 radical (unpaired) electrons. The van der Waals surface area contributed by atoms with Crippen LogP contribution in [-0.2, 0) is 10.0 Å². The number of nitrogens with one attached hydrogen (secondary N) is 1. The van der Waals surface area contributed by atoms with Crippen LogP contribution in [0.2, 0.25) is 0 Å². The molecule has 0 saturated carbocycles. The zero-order chi connectivity index (χ0) is 28.4. The summed E-state index contributed by atoms with van der Waals surface area (Å²) in [4.78, 5) is 8.35. The van der Waals surface area contributed by atoms with Crippen molar-refractivity contribution >= 4 is 26.5 Å². The summed E-state index contributed by atoms with van der Waals surface area (Å²) in [5, 5.41) is 0.0650. The van der Waals surface area contributed by atoms with Crippen molar-refractivity contribution in [1.29, 1.82) is 0 Å². The van der Waals surface area contributed by atoms with Crippen LogP contribution in [0.1, 0.15) is 52.5 Å². The van der Waals surface area contributed by atoms with E-state index in [1.807, 2.05) is 24.3 Å². The number of rotatable bonds is 9. The summed E-state index contributed by atoms with van der Waals surface area (Å²) < 4.78 is 62.8. The van der Waals surface area contributed by atoms with Gasteiger partial charge in [0.05, 0.1) is 22.1 Å². The third kappa shape index (κ3) is 7.19. The molecule has 0 spiro atoms. The first-order valence-electron chi connectivity index (χ1n) is 12.5. The molecule has 0 unspecified atom stereocenters. The third-order valence-electron chi connectivity index (χ3n) is 5.95. The second-order valence-corrected chi connectivity index (χ2v) is 13.4. The molecule has 0 fully saturated rings. The Hall–Kier alpha value is -3.37. The first-order valence-corrected chi connectivity index (χ1v) is 14.8. The molecule has 4 aromatic rings. The van der Waals surface area contributed by atoms with Crippen LogP contribution < -0.4 is 9.46 Å². The highest BCUT2D eigenvalue weighted by atomic mass is 32.2. The lowest BCUT2D eigenvalue weighted by Crippen LogP contribution is -2.13. The van der Waals surface area contributed by atoms with E-state index in [0.29, 0.717) is 28.5 Å². The van der Waals surface area contributed by atoms with E-state index in [2.05, 4.69) is 49.3 Å². The van der Waals surface area contributed by atoms with Gasteiger partial charge in [0.15, 0.2) is 5.13 Å². The molecule has 39 heavy (non-hydrogen) atoms. The smallest absolute Gasteiger partial charge is 0.263 e. The van der Waals surface area contributed by atoms with Crippen LogP contribution in [0.15, 0.2) is 65.7 Å². The van der Waals surface area contributed by atoms with E-state index < -0.39 is 21.8 Å². The number of benzene rings is 2. The molecule has 0 aliphatic carbocycles. The number of nitrogens with zero attached hydrogens (tertiary/aromatic N) is 2. The van der Waals surface area contributed by atoms with Crippen molar-refractivity contribution in [3.05, 3.63) is 78.1 Å². The molecule has 206 valence electrons. The van der Waals surface area contributed by atoms with Crippen LogP contribution in [-0.4, -0.2) is 25.0 Å². The van der Waals surface area contributed by atoms with Gasteiger partial charge in [0.1, 0.15) is 11.6 Å². The van der Waals surface area contributed by atoms with Gasteiger partial charge in [-0.2, -0.15) is 4.39 Å². The zero-order valence-electron chi connectivity index (χ0n) is 22.5. The first-order chi connectivity index (χ1) is 18.3. The quantitative estimate of drug-likeness (QED) is 0.207. The lowest BCUT2D eigenvalue weighted by Gasteiger charge is -2.18. The fourth-order valence-corrected chi connectivity index (χ4v) is 6.14. The maximum absolute atomic E-state index is 14.8. The van der Waals surface area contributed by atoms with E-state index in [1.165, 1.54) is 18.2 Å². The van der Waals surface area contributed by atoms with Crippen molar-refractivity contribution in [2.75, 3.05) is 11.3 Å². The molecule has 4 rings (SSSR count). The van der Waals surface area contributed by atoms with Gasteiger partial charge in [0.25, 0.3) is 10.0 Å². The molecule has 2 aromatic heterocycles. The molecule has 2 aromatic carbocycles. The van der Waals surface area contributed by atoms with Crippen molar-refractivity contribution in [3.63, 3.8) is 0 Å². The molecule has 0 aliphatic rings. The van der Waals surface area contributed by atoms with E-state index in [0.717, 1.165) is 41.1 Å². The van der Waals surface area contributed by atoms with Crippen molar-refractivity contribution in [2.45, 2.75) is 51.9 Å². The number of sulfonamides is 1. The minimum absolute atomic E-state index is 0.0609. The summed E-state index contributed by atoms with van der Waals surface area (Å²) in [7, 11) is -4.15. The standard InChI is InChI=1S/C29H31F2N3O3S2/c1-18(2)23-8-6-7-9-24(23)26-27(19-14-20(30)16-21(15-19)37-13-11-29(3,4)5)38-28(33-26)34-39(35,36)22-10-12-32-25(31)17-22/h6-10,12,14-18H,11,13H2,1-5H3,(H,33,34). The monoisotopic (exact) mass is 571 g/mol. The molecule has 1 N–H and O–H groups in total. The molecule has 2 heterocycles. The van der Waals surface area contributed by atoms with Crippen LogP contribution in [0.5, 0.6) is 5.75 Å². The molecule has 0 atom stereocenters. The van der Waals surface area contributed by atoms with Gasteiger partial charge >= 0.3 is 0 Å². The summed E-state index contributed by atoms with van der Waals surface area (Å²) in [6.07, 6.45) is 1.86. The van der Waals surface area contributed by atoms with E-state index >= 15 is 0 Å². The van der Waals surface area contributed by atoms with Crippen LogP contribution in [0.3, 0.4) is 0 Å². The predicted octanol–water partition coefficient (Wildman–Crippen LogP) is 7.89. The van der Waals surface area contributed by atoms with Crippen LogP contribution in [0.25, 0.3) is 21.7 Å². The number of hydrogen-bond acceptors (Lipinski definition) is 6. The number of pyridine rings is 1. The lowest BCUT2D eigenvalue weighted by molar-refractivity contribution is 0.242. The third-order valence-corrected chi connectivity index (χ3v) is 8.44. The number of halogens is 2. The summed E-state index contributed by atoms with van der Waals surface area (Å²) in [6, 6.07) is 14.2. The topological polar surface area (TPSA) is 81.2 Å². The minimum atomic E-state index is -4.15. The van der Waals surface area contributed by atoms with Crippen molar-refractivity contribution in [2.24, 2.45) is 5.41 Å². The molecule has 0 bridgehead atoms. The van der Waals surface area contributed by atoms with Gasteiger partial charge in [-0.1, -0.05) is 70.2 Å². The Labute approximate surface area is 232 Å². The Morgan fingerprint density at radius 2 is 1.79 bits per heavy atom. The van der Waals surface area contributed by atoms with Gasteiger partial charge in [-0.15, -0.1) is 0 Å². The first kappa shape index (κ1) is 28.6. The molecule has 10 heteroatoms.